The number of sulfonamides is 1. The first-order chi connectivity index (χ1) is 17.6. The molecule has 0 aromatic heterocycles. The Bertz CT molecular complexity index is 1070. The number of aliphatic hydroxyl groups is 1. The predicted octanol–water partition coefficient (Wildman–Crippen LogP) is 2.61. The number of alkyl carbamates (subject to hydrolysis) is 1. The van der Waals surface area contributed by atoms with E-state index in [1.165, 1.54) is 28.6 Å². The van der Waals surface area contributed by atoms with Crippen molar-refractivity contribution >= 4 is 21.8 Å². The Kier molecular flexibility index (Phi) is 10.7. The number of piperidine rings is 1. The average Bonchev–Trinajstić information content (AvgIpc) is 2.88. The van der Waals surface area contributed by atoms with Crippen molar-refractivity contribution in [3.63, 3.8) is 0 Å². The summed E-state index contributed by atoms with van der Waals surface area (Å²) < 4.78 is 33.6. The van der Waals surface area contributed by atoms with Gasteiger partial charge in [-0.1, -0.05) is 44.2 Å². The molecule has 0 radical (unpaired) electrons. The molecule has 2 aromatic rings. The third-order valence-electron chi connectivity index (χ3n) is 6.39. The number of anilines is 1. The minimum absolute atomic E-state index is 0.0188. The van der Waals surface area contributed by atoms with Crippen LogP contribution in [0.1, 0.15) is 32.3 Å². The van der Waals surface area contributed by atoms with Crippen LogP contribution in [0.15, 0.2) is 59.5 Å². The summed E-state index contributed by atoms with van der Waals surface area (Å²) in [5.41, 5.74) is 7.10. The molecule has 1 heterocycles. The molecule has 2 aromatic carbocycles. The van der Waals surface area contributed by atoms with E-state index >= 15 is 0 Å². The van der Waals surface area contributed by atoms with Crippen LogP contribution in [0.3, 0.4) is 0 Å². The molecule has 0 unspecified atom stereocenters. The minimum Gasteiger partial charge on any atom is -0.449 e. The monoisotopic (exact) mass is 532 g/mol. The summed E-state index contributed by atoms with van der Waals surface area (Å²) in [6, 6.07) is 14.7. The lowest BCUT2D eigenvalue weighted by Gasteiger charge is -2.31. The number of rotatable bonds is 12. The number of nitrogens with two attached hydrogens (primary N) is 1. The van der Waals surface area contributed by atoms with Crippen molar-refractivity contribution < 1.29 is 23.1 Å². The second-order valence-electron chi connectivity index (χ2n) is 10.1. The van der Waals surface area contributed by atoms with Gasteiger partial charge in [0.2, 0.25) is 10.0 Å². The molecule has 1 aliphatic heterocycles. The van der Waals surface area contributed by atoms with Gasteiger partial charge in [0.15, 0.2) is 0 Å². The zero-order valence-electron chi connectivity index (χ0n) is 21.7. The van der Waals surface area contributed by atoms with Gasteiger partial charge in [-0.25, -0.2) is 13.2 Å². The number of carbonyl (C=O) groups excluding carboxylic acids is 1. The number of benzene rings is 2. The van der Waals surface area contributed by atoms with E-state index in [-0.39, 0.29) is 36.4 Å². The van der Waals surface area contributed by atoms with Crippen molar-refractivity contribution in [1.82, 2.24) is 14.9 Å². The second kappa shape index (κ2) is 13.8. The highest BCUT2D eigenvalue weighted by atomic mass is 32.2. The van der Waals surface area contributed by atoms with E-state index in [4.69, 9.17) is 10.5 Å². The zero-order valence-corrected chi connectivity index (χ0v) is 22.5. The SMILES string of the molecule is CC(C)CN(C[C@@H](O)[C@H](Cc1ccccc1)NC(=O)OC[C@@H]1CCCNC1)S(=O)(=O)c1ccc(N)cc1. The van der Waals surface area contributed by atoms with Gasteiger partial charge in [-0.15, -0.1) is 0 Å². The molecule has 5 N–H and O–H groups in total. The minimum atomic E-state index is -3.90. The van der Waals surface area contributed by atoms with Gasteiger partial charge in [0, 0.05) is 31.2 Å². The van der Waals surface area contributed by atoms with E-state index in [2.05, 4.69) is 10.6 Å². The molecule has 3 rings (SSSR count). The fourth-order valence-corrected chi connectivity index (χ4v) is 6.03. The van der Waals surface area contributed by atoms with Gasteiger partial charge in [-0.05, 0) is 61.6 Å². The zero-order chi connectivity index (χ0) is 26.8. The van der Waals surface area contributed by atoms with Gasteiger partial charge in [0.05, 0.1) is 23.6 Å². The first-order valence-electron chi connectivity index (χ1n) is 12.9. The smallest absolute Gasteiger partial charge is 0.407 e. The van der Waals surface area contributed by atoms with Crippen molar-refractivity contribution in [1.29, 1.82) is 0 Å². The highest BCUT2D eigenvalue weighted by Gasteiger charge is 2.31. The number of nitrogens with one attached hydrogen (secondary N) is 2. The maximum atomic E-state index is 13.5. The number of aliphatic hydroxyl groups excluding tert-OH is 1. The van der Waals surface area contributed by atoms with Crippen LogP contribution in [0.2, 0.25) is 0 Å². The lowest BCUT2D eigenvalue weighted by Crippen LogP contribution is -2.51. The maximum Gasteiger partial charge on any atom is 0.407 e. The molecule has 1 saturated heterocycles. The largest absolute Gasteiger partial charge is 0.449 e. The highest BCUT2D eigenvalue weighted by Crippen LogP contribution is 2.20. The number of hydrogen-bond acceptors (Lipinski definition) is 7. The summed E-state index contributed by atoms with van der Waals surface area (Å²) in [6.07, 6.45) is 0.552. The second-order valence-corrected chi connectivity index (χ2v) is 12.0. The van der Waals surface area contributed by atoms with E-state index in [1.54, 1.807) is 0 Å². The fourth-order valence-electron chi connectivity index (χ4n) is 4.41. The standard InChI is InChI=1S/C27H40N4O5S/c1-20(2)17-31(37(34,35)24-12-10-23(28)11-13-24)18-26(32)25(15-21-7-4-3-5-8-21)30-27(33)36-19-22-9-6-14-29-16-22/h3-5,7-8,10-13,20,22,25-26,29,32H,6,9,14-19,28H2,1-2H3,(H,30,33)/t22-,25+,26-/m1/s1. The van der Waals surface area contributed by atoms with Crippen LogP contribution in [0.4, 0.5) is 10.5 Å². The molecule has 3 atom stereocenters. The van der Waals surface area contributed by atoms with Crippen molar-refractivity contribution in [3.05, 3.63) is 60.2 Å². The molecule has 10 heteroatoms. The Morgan fingerprint density at radius 1 is 1.16 bits per heavy atom. The van der Waals surface area contributed by atoms with Crippen LogP contribution in [0, 0.1) is 11.8 Å². The summed E-state index contributed by atoms with van der Waals surface area (Å²) in [5, 5.41) is 17.4. The maximum absolute atomic E-state index is 13.5. The molecule has 0 aliphatic carbocycles. The summed E-state index contributed by atoms with van der Waals surface area (Å²) in [7, 11) is -3.90. The number of nitrogens with zero attached hydrogens (tertiary/aromatic N) is 1. The third kappa shape index (κ3) is 8.99. The Balaban J connectivity index is 1.75. The molecule has 1 amide bonds. The van der Waals surface area contributed by atoms with Crippen molar-refractivity contribution in [2.45, 2.75) is 50.2 Å². The van der Waals surface area contributed by atoms with Gasteiger partial charge in [-0.3, -0.25) is 0 Å². The molecule has 0 saturated carbocycles. The summed E-state index contributed by atoms with van der Waals surface area (Å²) in [4.78, 5) is 12.8. The van der Waals surface area contributed by atoms with E-state index in [9.17, 15) is 18.3 Å². The first kappa shape index (κ1) is 28.9. The molecule has 9 nitrogen and oxygen atoms in total. The van der Waals surface area contributed by atoms with Crippen LogP contribution in [0.5, 0.6) is 0 Å². The van der Waals surface area contributed by atoms with Crippen LogP contribution in [-0.4, -0.2) is 68.9 Å². The molecular weight excluding hydrogens is 492 g/mol. The van der Waals surface area contributed by atoms with Crippen LogP contribution < -0.4 is 16.4 Å². The Hall–Kier alpha value is -2.66. The Morgan fingerprint density at radius 2 is 1.86 bits per heavy atom. The molecule has 1 fully saturated rings. The lowest BCUT2D eigenvalue weighted by atomic mass is 10.0. The summed E-state index contributed by atoms with van der Waals surface area (Å²) >= 11 is 0. The van der Waals surface area contributed by atoms with Crippen LogP contribution in [0.25, 0.3) is 0 Å². The highest BCUT2D eigenvalue weighted by molar-refractivity contribution is 7.89. The quantitative estimate of drug-likeness (QED) is 0.309. The van der Waals surface area contributed by atoms with E-state index in [0.29, 0.717) is 12.1 Å². The number of hydrogen-bond donors (Lipinski definition) is 4. The third-order valence-corrected chi connectivity index (χ3v) is 8.24. The number of ether oxygens (including phenoxy) is 1. The normalized spacial score (nSPS) is 17.9. The van der Waals surface area contributed by atoms with Crippen molar-refractivity contribution in [3.8, 4) is 0 Å². The fraction of sp³-hybridized carbons (Fsp3) is 0.519. The molecule has 0 bridgehead atoms. The Morgan fingerprint density at radius 3 is 2.49 bits per heavy atom. The topological polar surface area (TPSA) is 134 Å². The van der Waals surface area contributed by atoms with Crippen LogP contribution in [-0.2, 0) is 21.2 Å². The number of carbonyl (C=O) groups is 1. The summed E-state index contributed by atoms with van der Waals surface area (Å²) in [6.45, 7) is 5.91. The summed E-state index contributed by atoms with van der Waals surface area (Å²) in [5.74, 6) is 0.272. The van der Waals surface area contributed by atoms with Gasteiger partial charge in [0.1, 0.15) is 0 Å². The van der Waals surface area contributed by atoms with Gasteiger partial charge >= 0.3 is 6.09 Å². The van der Waals surface area contributed by atoms with Gasteiger partial charge < -0.3 is 26.2 Å². The van der Waals surface area contributed by atoms with Crippen molar-refractivity contribution in [2.24, 2.45) is 11.8 Å². The molecule has 1 aliphatic rings. The Labute approximate surface area is 220 Å². The molecule has 204 valence electrons. The van der Waals surface area contributed by atoms with E-state index in [1.807, 2.05) is 44.2 Å². The number of nitrogen functional groups attached to an aromatic ring is 1. The first-order valence-corrected chi connectivity index (χ1v) is 14.3. The van der Waals surface area contributed by atoms with Crippen LogP contribution >= 0.6 is 0 Å². The average molecular weight is 533 g/mol. The number of amides is 1. The van der Waals surface area contributed by atoms with Gasteiger partial charge in [-0.2, -0.15) is 4.31 Å². The van der Waals surface area contributed by atoms with Gasteiger partial charge in [0.25, 0.3) is 0 Å². The van der Waals surface area contributed by atoms with E-state index in [0.717, 1.165) is 31.5 Å². The molecule has 37 heavy (non-hydrogen) atoms. The molecular formula is C27H40N4O5S. The molecule has 0 spiro atoms. The lowest BCUT2D eigenvalue weighted by molar-refractivity contribution is 0.0820. The van der Waals surface area contributed by atoms with Crippen molar-refractivity contribution in [2.75, 3.05) is 38.5 Å². The predicted molar refractivity (Wildman–Crippen MR) is 144 cm³/mol. The van der Waals surface area contributed by atoms with E-state index < -0.39 is 28.3 Å².